The first-order valence-corrected chi connectivity index (χ1v) is 6.59. The number of aliphatic imine (C=N–C) groups is 1. The number of rotatable bonds is 3. The molecule has 0 saturated heterocycles. The Morgan fingerprint density at radius 3 is 2.44 bits per heavy atom. The van der Waals surface area contributed by atoms with Crippen molar-refractivity contribution in [3.63, 3.8) is 0 Å². The molecular weight excluding hydrogens is 226 g/mol. The van der Waals surface area contributed by atoms with E-state index in [4.69, 9.17) is 0 Å². The van der Waals surface area contributed by atoms with E-state index in [2.05, 4.69) is 4.99 Å². The van der Waals surface area contributed by atoms with E-state index >= 15 is 0 Å². The minimum Gasteiger partial charge on any atom is -0.224 e. The highest BCUT2D eigenvalue weighted by atomic mass is 32.2. The highest BCUT2D eigenvalue weighted by Crippen LogP contribution is 2.20. The van der Waals surface area contributed by atoms with Crippen LogP contribution in [0, 0.1) is 13.8 Å². The molecule has 0 N–H and O–H groups in total. The number of aryl methyl sites for hydroxylation is 1. The van der Waals surface area contributed by atoms with Gasteiger partial charge in [0.05, 0.1) is 11.4 Å². The smallest absolute Gasteiger partial charge is 0.224 e. The highest BCUT2D eigenvalue weighted by Gasteiger charge is 2.11. The van der Waals surface area contributed by atoms with Gasteiger partial charge in [0.25, 0.3) is 0 Å². The summed E-state index contributed by atoms with van der Waals surface area (Å²) in [5.41, 5.74) is 2.56. The van der Waals surface area contributed by atoms with Gasteiger partial charge in [-0.15, -0.1) is 0 Å². The van der Waals surface area contributed by atoms with Crippen LogP contribution >= 0.6 is 0 Å². The Hall–Kier alpha value is -1.45. The van der Waals surface area contributed by atoms with Crippen LogP contribution < -0.4 is 0 Å². The van der Waals surface area contributed by atoms with Crippen LogP contribution in [0.2, 0.25) is 0 Å². The summed E-state index contributed by atoms with van der Waals surface area (Å²) >= 11 is 0. The molecule has 4 nitrogen and oxygen atoms in total. The van der Waals surface area contributed by atoms with Crippen LogP contribution in [-0.2, 0) is 21.2 Å². The second-order valence-corrected chi connectivity index (χ2v) is 5.72. The first-order chi connectivity index (χ1) is 7.36. The third-order valence-corrected chi connectivity index (χ3v) is 3.58. The summed E-state index contributed by atoms with van der Waals surface area (Å²) in [7, 11) is -3.23. The van der Waals surface area contributed by atoms with Gasteiger partial charge < -0.3 is 0 Å². The maximum atomic E-state index is 11.4. The van der Waals surface area contributed by atoms with Gasteiger partial charge in [-0.25, -0.2) is 18.2 Å². The molecule has 0 amide bonds. The zero-order chi connectivity index (χ0) is 12.3. The molecule has 1 aromatic rings. The van der Waals surface area contributed by atoms with E-state index in [0.29, 0.717) is 0 Å². The zero-order valence-electron chi connectivity index (χ0n) is 9.44. The Bertz CT molecular complexity index is 555. The fourth-order valence-corrected chi connectivity index (χ4v) is 2.14. The van der Waals surface area contributed by atoms with Gasteiger partial charge in [-0.3, -0.25) is 0 Å². The molecule has 0 aromatic heterocycles. The van der Waals surface area contributed by atoms with Crippen molar-refractivity contribution in [1.29, 1.82) is 0 Å². The Labute approximate surface area is 94.9 Å². The Kier molecular flexibility index (Phi) is 3.62. The molecule has 0 unspecified atom stereocenters. The van der Waals surface area contributed by atoms with E-state index in [1.54, 1.807) is 12.1 Å². The first kappa shape index (κ1) is 12.6. The molecule has 0 spiro atoms. The first-order valence-electron chi connectivity index (χ1n) is 4.70. The van der Waals surface area contributed by atoms with Crippen LogP contribution in [0.15, 0.2) is 22.0 Å². The number of benzene rings is 1. The van der Waals surface area contributed by atoms with Gasteiger partial charge in [0.1, 0.15) is 0 Å². The summed E-state index contributed by atoms with van der Waals surface area (Å²) in [5.74, 6) is 0. The maximum absolute atomic E-state index is 11.4. The van der Waals surface area contributed by atoms with E-state index in [0.717, 1.165) is 22.9 Å². The summed E-state index contributed by atoms with van der Waals surface area (Å²) in [6.07, 6.45) is 2.60. The lowest BCUT2D eigenvalue weighted by molar-refractivity contribution is 0.562. The Balaban J connectivity index is 3.38. The van der Waals surface area contributed by atoms with Crippen molar-refractivity contribution >= 4 is 15.9 Å². The van der Waals surface area contributed by atoms with Crippen LogP contribution in [0.3, 0.4) is 0 Å². The van der Waals surface area contributed by atoms with E-state index in [1.165, 1.54) is 6.08 Å². The lowest BCUT2D eigenvalue weighted by atomic mass is 10.0. The van der Waals surface area contributed by atoms with Gasteiger partial charge in [-0.2, -0.15) is 0 Å². The predicted molar refractivity (Wildman–Crippen MR) is 60.9 cm³/mol. The Morgan fingerprint density at radius 2 is 1.94 bits per heavy atom. The lowest BCUT2D eigenvalue weighted by Gasteiger charge is -2.09. The predicted octanol–water partition coefficient (Wildman–Crippen LogP) is 1.54. The lowest BCUT2D eigenvalue weighted by Crippen LogP contribution is -2.01. The number of hydrogen-bond acceptors (Lipinski definition) is 4. The molecule has 5 heteroatoms. The van der Waals surface area contributed by atoms with Crippen LogP contribution in [0.5, 0.6) is 0 Å². The molecule has 0 aliphatic rings. The average molecular weight is 239 g/mol. The van der Waals surface area contributed by atoms with Crippen LogP contribution in [0.1, 0.15) is 16.7 Å². The number of isocyanates is 1. The maximum Gasteiger partial charge on any atom is 0.235 e. The summed E-state index contributed by atoms with van der Waals surface area (Å²) < 4.78 is 22.8. The zero-order valence-corrected chi connectivity index (χ0v) is 10.3. The van der Waals surface area contributed by atoms with Gasteiger partial charge in [-0.1, -0.05) is 0 Å². The number of nitrogens with zero attached hydrogens (tertiary/aromatic N) is 1. The van der Waals surface area contributed by atoms with Crippen molar-refractivity contribution in [1.82, 2.24) is 0 Å². The molecule has 0 heterocycles. The summed E-state index contributed by atoms with van der Waals surface area (Å²) in [4.78, 5) is 13.8. The van der Waals surface area contributed by atoms with Crippen molar-refractivity contribution in [3.05, 3.63) is 28.8 Å². The van der Waals surface area contributed by atoms with Crippen molar-refractivity contribution in [2.45, 2.75) is 25.3 Å². The van der Waals surface area contributed by atoms with Gasteiger partial charge in [0.2, 0.25) is 6.08 Å². The molecule has 0 aliphatic heterocycles. The second-order valence-electron chi connectivity index (χ2n) is 3.70. The minimum absolute atomic E-state index is 0.166. The third-order valence-electron chi connectivity index (χ3n) is 2.49. The van der Waals surface area contributed by atoms with E-state index in [1.807, 2.05) is 13.8 Å². The van der Waals surface area contributed by atoms with Crippen LogP contribution in [-0.4, -0.2) is 20.8 Å². The highest BCUT2D eigenvalue weighted by molar-refractivity contribution is 7.90. The fraction of sp³-hybridized carbons (Fsp3) is 0.364. The number of carbonyl (C=O) groups excluding carboxylic acids is 1. The molecule has 0 bridgehead atoms. The van der Waals surface area contributed by atoms with Gasteiger partial charge >= 0.3 is 0 Å². The number of sulfone groups is 1. The standard InChI is InChI=1S/C11H13NO3S/c1-8-4-11(16(3,14)15)5-10(9(8)2)6-12-7-13/h4-5H,6H2,1-3H3. The van der Waals surface area contributed by atoms with Crippen LogP contribution in [0.25, 0.3) is 0 Å². The minimum atomic E-state index is -3.23. The quantitative estimate of drug-likeness (QED) is 0.593. The van der Waals surface area contributed by atoms with Crippen molar-refractivity contribution in [2.75, 3.05) is 6.26 Å². The molecule has 0 aliphatic carbocycles. The molecule has 16 heavy (non-hydrogen) atoms. The monoisotopic (exact) mass is 239 g/mol. The van der Waals surface area contributed by atoms with E-state index < -0.39 is 9.84 Å². The normalized spacial score (nSPS) is 10.9. The second kappa shape index (κ2) is 4.60. The Morgan fingerprint density at radius 1 is 1.31 bits per heavy atom. The molecular formula is C11H13NO3S. The molecule has 0 atom stereocenters. The largest absolute Gasteiger partial charge is 0.235 e. The fourth-order valence-electron chi connectivity index (χ4n) is 1.39. The van der Waals surface area contributed by atoms with E-state index in [-0.39, 0.29) is 11.4 Å². The molecule has 0 saturated carbocycles. The van der Waals surface area contributed by atoms with Crippen LogP contribution in [0.4, 0.5) is 0 Å². The average Bonchev–Trinajstić information content (AvgIpc) is 2.18. The van der Waals surface area contributed by atoms with Crippen molar-refractivity contribution in [3.8, 4) is 0 Å². The molecule has 0 fully saturated rings. The molecule has 86 valence electrons. The summed E-state index contributed by atoms with van der Waals surface area (Å²) in [6, 6.07) is 3.18. The van der Waals surface area contributed by atoms with Gasteiger partial charge in [0.15, 0.2) is 9.84 Å². The molecule has 0 radical (unpaired) electrons. The summed E-state index contributed by atoms with van der Waals surface area (Å²) in [5, 5.41) is 0. The summed E-state index contributed by atoms with van der Waals surface area (Å²) in [6.45, 7) is 3.87. The molecule has 1 rings (SSSR count). The van der Waals surface area contributed by atoms with Gasteiger partial charge in [0, 0.05) is 6.26 Å². The van der Waals surface area contributed by atoms with E-state index in [9.17, 15) is 13.2 Å². The SMILES string of the molecule is Cc1cc(S(C)(=O)=O)cc(CN=C=O)c1C. The van der Waals surface area contributed by atoms with Crippen molar-refractivity contribution in [2.24, 2.45) is 4.99 Å². The third kappa shape index (κ3) is 2.78. The molecule has 1 aromatic carbocycles. The van der Waals surface area contributed by atoms with Gasteiger partial charge in [-0.05, 0) is 42.7 Å². The van der Waals surface area contributed by atoms with Crippen molar-refractivity contribution < 1.29 is 13.2 Å². The topological polar surface area (TPSA) is 63.6 Å². The number of hydrogen-bond donors (Lipinski definition) is 0.